The van der Waals surface area contributed by atoms with E-state index in [-0.39, 0.29) is 11.5 Å². The summed E-state index contributed by atoms with van der Waals surface area (Å²) in [6.45, 7) is 2.68. The van der Waals surface area contributed by atoms with Crippen molar-refractivity contribution >= 4 is 46.2 Å². The first kappa shape index (κ1) is 20.6. The topological polar surface area (TPSA) is 125 Å². The fourth-order valence-electron chi connectivity index (χ4n) is 4.82. The fraction of sp³-hybridized carbons (Fsp3) is 0.318. The summed E-state index contributed by atoms with van der Waals surface area (Å²) >= 11 is 7.68. The number of hydrogen-bond donors (Lipinski definition) is 2. The second-order valence-electron chi connectivity index (χ2n) is 8.57. The molecular weight excluding hydrogens is 458 g/mol. The number of piperidine rings is 1. The van der Waals surface area contributed by atoms with Gasteiger partial charge in [-0.3, -0.25) is 4.68 Å². The van der Waals surface area contributed by atoms with Gasteiger partial charge in [-0.15, -0.1) is 0 Å². The summed E-state index contributed by atoms with van der Waals surface area (Å²) in [4.78, 5) is 21.1. The lowest BCUT2D eigenvalue weighted by Gasteiger charge is -2.41. The summed E-state index contributed by atoms with van der Waals surface area (Å²) in [5, 5.41) is 5.62. The van der Waals surface area contributed by atoms with E-state index in [2.05, 4.69) is 29.6 Å². The lowest BCUT2D eigenvalue weighted by molar-refractivity contribution is 0.170. The molecule has 4 aromatic heterocycles. The Balaban J connectivity index is 1.18. The normalized spacial score (nSPS) is 19.3. The molecule has 1 atom stereocenters. The van der Waals surface area contributed by atoms with E-state index in [9.17, 15) is 0 Å². The Kier molecular flexibility index (Phi) is 4.89. The number of hydrogen-bond acceptors (Lipinski definition) is 9. The minimum atomic E-state index is 0.0363. The quantitative estimate of drug-likeness (QED) is 0.455. The van der Waals surface area contributed by atoms with Crippen LogP contribution in [0.1, 0.15) is 24.6 Å². The van der Waals surface area contributed by atoms with Gasteiger partial charge in [0.25, 0.3) is 0 Å². The van der Waals surface area contributed by atoms with Gasteiger partial charge < -0.3 is 16.4 Å². The third-order valence-electron chi connectivity index (χ3n) is 6.74. The van der Waals surface area contributed by atoms with E-state index in [1.807, 2.05) is 30.5 Å². The molecule has 168 valence electrons. The summed E-state index contributed by atoms with van der Waals surface area (Å²) in [6.07, 6.45) is 7.27. The molecule has 0 amide bonds. The molecule has 2 aliphatic rings. The van der Waals surface area contributed by atoms with Gasteiger partial charge in [0.05, 0.1) is 23.0 Å². The highest BCUT2D eigenvalue weighted by molar-refractivity contribution is 7.99. The van der Waals surface area contributed by atoms with Crippen LogP contribution in [0.2, 0.25) is 5.02 Å². The summed E-state index contributed by atoms with van der Waals surface area (Å²) in [7, 11) is 0. The summed E-state index contributed by atoms with van der Waals surface area (Å²) in [5.74, 6) is 1.17. The number of anilines is 2. The van der Waals surface area contributed by atoms with Crippen molar-refractivity contribution < 1.29 is 0 Å². The predicted octanol–water partition coefficient (Wildman–Crippen LogP) is 3.30. The van der Waals surface area contributed by atoms with E-state index < -0.39 is 0 Å². The molecule has 6 rings (SSSR count). The van der Waals surface area contributed by atoms with Crippen molar-refractivity contribution in [3.05, 3.63) is 53.6 Å². The number of rotatable bonds is 3. The maximum atomic E-state index is 6.61. The van der Waals surface area contributed by atoms with E-state index in [0.717, 1.165) is 59.4 Å². The van der Waals surface area contributed by atoms with Gasteiger partial charge in [0.1, 0.15) is 22.2 Å². The van der Waals surface area contributed by atoms with Crippen LogP contribution >= 0.6 is 23.4 Å². The molecule has 4 N–H and O–H groups in total. The van der Waals surface area contributed by atoms with Gasteiger partial charge in [0.15, 0.2) is 5.65 Å². The van der Waals surface area contributed by atoms with Gasteiger partial charge in [0.2, 0.25) is 0 Å². The van der Waals surface area contributed by atoms with Crippen molar-refractivity contribution in [2.24, 2.45) is 11.1 Å². The first-order chi connectivity index (χ1) is 16.0. The van der Waals surface area contributed by atoms with Crippen molar-refractivity contribution in [1.29, 1.82) is 0 Å². The molecule has 0 saturated carbocycles. The molecule has 0 unspecified atom stereocenters. The molecular formula is C22H22ClN9S. The van der Waals surface area contributed by atoms with Crippen LogP contribution in [0.15, 0.2) is 52.8 Å². The molecule has 1 saturated heterocycles. The number of nitrogen functional groups attached to an aromatic ring is 1. The Labute approximate surface area is 199 Å². The number of nitrogens with zero attached hydrogens (tertiary/aromatic N) is 7. The number of aromatic nitrogens is 6. The minimum absolute atomic E-state index is 0.0363. The fourth-order valence-corrected chi connectivity index (χ4v) is 5.86. The molecule has 0 aliphatic carbocycles. The first-order valence-electron chi connectivity index (χ1n) is 10.8. The van der Waals surface area contributed by atoms with E-state index in [0.29, 0.717) is 16.5 Å². The average Bonchev–Trinajstić information content (AvgIpc) is 3.38. The summed E-state index contributed by atoms with van der Waals surface area (Å²) in [5.41, 5.74) is 15.0. The molecule has 6 heterocycles. The molecule has 33 heavy (non-hydrogen) atoms. The SMILES string of the molecule is Nc1nccc(Sc2ccc3nc(N4CCC5(CC4)Cn4nccc4[C@H]5N)cnc3n2)c1Cl. The minimum Gasteiger partial charge on any atom is -0.382 e. The van der Waals surface area contributed by atoms with Gasteiger partial charge in [-0.25, -0.2) is 19.9 Å². The first-order valence-corrected chi connectivity index (χ1v) is 12.0. The molecule has 9 nitrogen and oxygen atoms in total. The second-order valence-corrected chi connectivity index (χ2v) is 10.0. The zero-order chi connectivity index (χ0) is 22.6. The van der Waals surface area contributed by atoms with E-state index in [4.69, 9.17) is 28.1 Å². The van der Waals surface area contributed by atoms with Gasteiger partial charge in [-0.05, 0) is 37.1 Å². The molecule has 1 spiro atoms. The monoisotopic (exact) mass is 479 g/mol. The van der Waals surface area contributed by atoms with Gasteiger partial charge in [-0.2, -0.15) is 5.10 Å². The average molecular weight is 480 g/mol. The third-order valence-corrected chi connectivity index (χ3v) is 8.24. The molecule has 4 aromatic rings. The highest BCUT2D eigenvalue weighted by atomic mass is 35.5. The van der Waals surface area contributed by atoms with Crippen molar-refractivity contribution in [2.45, 2.75) is 35.3 Å². The Morgan fingerprint density at radius 3 is 2.73 bits per heavy atom. The standard InChI is InChI=1S/C22H22ClN9S/c23-18-15(4-7-26-20(18)25)33-17-2-1-13-21(30-17)27-11-16(29-13)31-9-5-22(6-10-31)12-32-14(19(22)24)3-8-28-32/h1-4,7-8,11,19H,5-6,9-10,12,24H2,(H2,25,26)/t19-/m1/s1. The number of fused-ring (bicyclic) bond motifs is 2. The van der Waals surface area contributed by atoms with Crippen molar-refractivity contribution in [2.75, 3.05) is 23.7 Å². The van der Waals surface area contributed by atoms with Crippen LogP contribution in [0.3, 0.4) is 0 Å². The van der Waals surface area contributed by atoms with E-state index >= 15 is 0 Å². The van der Waals surface area contributed by atoms with Gasteiger partial charge >= 0.3 is 0 Å². The van der Waals surface area contributed by atoms with Crippen molar-refractivity contribution in [1.82, 2.24) is 29.7 Å². The number of halogens is 1. The van der Waals surface area contributed by atoms with Crippen LogP contribution in [-0.4, -0.2) is 42.8 Å². The molecule has 0 bridgehead atoms. The Morgan fingerprint density at radius 1 is 1.06 bits per heavy atom. The Morgan fingerprint density at radius 2 is 1.91 bits per heavy atom. The molecule has 1 fully saturated rings. The van der Waals surface area contributed by atoms with Crippen LogP contribution in [0.5, 0.6) is 0 Å². The lowest BCUT2D eigenvalue weighted by atomic mass is 9.73. The van der Waals surface area contributed by atoms with Crippen LogP contribution < -0.4 is 16.4 Å². The van der Waals surface area contributed by atoms with Crippen LogP contribution in [0.25, 0.3) is 11.2 Å². The Hall–Kier alpha value is -2.95. The van der Waals surface area contributed by atoms with Gasteiger partial charge in [-0.1, -0.05) is 23.4 Å². The van der Waals surface area contributed by atoms with Crippen LogP contribution in [-0.2, 0) is 6.54 Å². The predicted molar refractivity (Wildman–Crippen MR) is 128 cm³/mol. The molecule has 0 radical (unpaired) electrons. The smallest absolute Gasteiger partial charge is 0.179 e. The van der Waals surface area contributed by atoms with Crippen molar-refractivity contribution in [3.63, 3.8) is 0 Å². The van der Waals surface area contributed by atoms with Crippen molar-refractivity contribution in [3.8, 4) is 0 Å². The molecule has 2 aliphatic heterocycles. The van der Waals surface area contributed by atoms with E-state index in [1.54, 1.807) is 12.4 Å². The molecule has 11 heteroatoms. The Bertz CT molecular complexity index is 1350. The maximum absolute atomic E-state index is 6.61. The molecule has 0 aromatic carbocycles. The second kappa shape index (κ2) is 7.82. The van der Waals surface area contributed by atoms with E-state index in [1.165, 1.54) is 11.8 Å². The van der Waals surface area contributed by atoms with Gasteiger partial charge in [0, 0.05) is 42.3 Å². The zero-order valence-corrected chi connectivity index (χ0v) is 19.3. The maximum Gasteiger partial charge on any atom is 0.179 e. The highest BCUT2D eigenvalue weighted by Crippen LogP contribution is 2.47. The third kappa shape index (κ3) is 3.49. The lowest BCUT2D eigenvalue weighted by Crippen LogP contribution is -2.45. The number of nitrogens with two attached hydrogens (primary N) is 2. The largest absolute Gasteiger partial charge is 0.382 e. The van der Waals surface area contributed by atoms with Crippen LogP contribution in [0.4, 0.5) is 11.6 Å². The van der Waals surface area contributed by atoms with Crippen LogP contribution in [0, 0.1) is 5.41 Å². The summed E-state index contributed by atoms with van der Waals surface area (Å²) in [6, 6.07) is 7.75. The highest BCUT2D eigenvalue weighted by Gasteiger charge is 2.47. The summed E-state index contributed by atoms with van der Waals surface area (Å²) < 4.78 is 2.06. The zero-order valence-electron chi connectivity index (χ0n) is 17.7. The number of pyridine rings is 2.